The van der Waals surface area contributed by atoms with Crippen molar-refractivity contribution in [2.24, 2.45) is 0 Å². The van der Waals surface area contributed by atoms with E-state index in [4.69, 9.17) is 25.8 Å². The molecule has 1 saturated heterocycles. The molecule has 1 saturated carbocycles. The number of nitrogens with zero attached hydrogens (tertiary/aromatic N) is 5. The van der Waals surface area contributed by atoms with E-state index in [0.29, 0.717) is 16.9 Å². The summed E-state index contributed by atoms with van der Waals surface area (Å²) in [5.74, 6) is 0.524. The topological polar surface area (TPSA) is 185 Å². The third-order valence-corrected chi connectivity index (χ3v) is 8.31. The van der Waals surface area contributed by atoms with Crippen molar-refractivity contribution < 1.29 is 38.8 Å². The highest BCUT2D eigenvalue weighted by Crippen LogP contribution is 2.52. The minimum absolute atomic E-state index is 0.0163. The maximum absolute atomic E-state index is 12.4. The molecule has 5 N–H and O–H groups in total. The number of aliphatic hydroxyl groups is 2. The standard InChI is InChI=1S/C21H34ClN6O8P/c1-27(2)10-21(11-34-3,37(31,32)33)35-9-14-15(29)16(30)19(36-14)28-18-13(8-23-28)17(25-20(22)26-18)24-12-6-4-5-7-12/h8,12,14-16,19,29-30H,4-7,9-11H2,1-3H3,(H,24,25,26)(H2,31,32,33)/t14-,15-,16-,19-,21?/m1/s1. The summed E-state index contributed by atoms with van der Waals surface area (Å²) in [7, 11) is -0.263. The molecule has 2 fully saturated rings. The van der Waals surface area contributed by atoms with Gasteiger partial charge in [0.1, 0.15) is 24.1 Å². The number of hydrogen-bond donors (Lipinski definition) is 5. The predicted octanol–water partition coefficient (Wildman–Crippen LogP) is 0.552. The molecule has 4 rings (SSSR count). The SMILES string of the molecule is COCC(CN(C)C)(OC[C@H]1O[C@@H](n2ncc3c(NC4CCCC4)nc(Cl)nc32)[C@H](O)[C@@H]1O)P(=O)(O)O. The smallest absolute Gasteiger partial charge is 0.360 e. The van der Waals surface area contributed by atoms with Crippen LogP contribution >= 0.6 is 19.2 Å². The van der Waals surface area contributed by atoms with Gasteiger partial charge in [-0.3, -0.25) is 4.57 Å². The van der Waals surface area contributed by atoms with Crippen molar-refractivity contribution in [2.45, 2.75) is 61.6 Å². The molecule has 2 aliphatic rings. The highest BCUT2D eigenvalue weighted by atomic mass is 35.5. The molecular formula is C21H34ClN6O8P. The van der Waals surface area contributed by atoms with Crippen LogP contribution in [0.2, 0.25) is 5.28 Å². The monoisotopic (exact) mass is 564 g/mol. The Morgan fingerprint density at radius 3 is 2.59 bits per heavy atom. The highest BCUT2D eigenvalue weighted by Gasteiger charge is 2.52. The van der Waals surface area contributed by atoms with Gasteiger partial charge in [-0.25, -0.2) is 4.68 Å². The Balaban J connectivity index is 1.56. The summed E-state index contributed by atoms with van der Waals surface area (Å²) >= 11 is 6.19. The van der Waals surface area contributed by atoms with E-state index in [9.17, 15) is 24.6 Å². The van der Waals surface area contributed by atoms with Gasteiger partial charge >= 0.3 is 7.60 Å². The first-order valence-electron chi connectivity index (χ1n) is 12.0. The maximum atomic E-state index is 12.4. The fourth-order valence-corrected chi connectivity index (χ4v) is 6.05. The first kappa shape index (κ1) is 28.6. The van der Waals surface area contributed by atoms with Crippen LogP contribution in [0.4, 0.5) is 5.82 Å². The molecule has 0 bridgehead atoms. The zero-order valence-electron chi connectivity index (χ0n) is 20.9. The van der Waals surface area contributed by atoms with Crippen LogP contribution in [0.25, 0.3) is 11.0 Å². The normalized spacial score (nSPS) is 26.8. The van der Waals surface area contributed by atoms with Crippen LogP contribution in [0.15, 0.2) is 6.20 Å². The van der Waals surface area contributed by atoms with Crippen LogP contribution < -0.4 is 5.32 Å². The second kappa shape index (κ2) is 11.3. The lowest BCUT2D eigenvalue weighted by Gasteiger charge is -2.36. The molecule has 208 valence electrons. The Hall–Kier alpha value is -1.45. The van der Waals surface area contributed by atoms with Crippen molar-refractivity contribution in [2.75, 3.05) is 46.3 Å². The Morgan fingerprint density at radius 1 is 1.27 bits per heavy atom. The van der Waals surface area contributed by atoms with Crippen LogP contribution in [0.1, 0.15) is 31.9 Å². The molecule has 5 atom stereocenters. The summed E-state index contributed by atoms with van der Waals surface area (Å²) in [6.45, 7) is -0.989. The number of anilines is 1. The molecule has 1 unspecified atom stereocenters. The van der Waals surface area contributed by atoms with Gasteiger partial charge in [-0.05, 0) is 38.5 Å². The highest BCUT2D eigenvalue weighted by molar-refractivity contribution is 7.53. The summed E-state index contributed by atoms with van der Waals surface area (Å²) in [4.78, 5) is 30.2. The van der Waals surface area contributed by atoms with Crippen LogP contribution in [0, 0.1) is 0 Å². The number of aliphatic hydroxyl groups excluding tert-OH is 2. The van der Waals surface area contributed by atoms with Gasteiger partial charge in [0, 0.05) is 19.7 Å². The van der Waals surface area contributed by atoms with Gasteiger partial charge in [0.2, 0.25) is 10.6 Å². The van der Waals surface area contributed by atoms with E-state index in [1.54, 1.807) is 19.0 Å². The molecule has 0 amide bonds. The lowest BCUT2D eigenvalue weighted by atomic mass is 10.1. The molecule has 0 aromatic carbocycles. The molecule has 1 aliphatic carbocycles. The summed E-state index contributed by atoms with van der Waals surface area (Å²) in [6.07, 6.45) is 0.667. The number of hydrogen-bond acceptors (Lipinski definition) is 11. The molecule has 37 heavy (non-hydrogen) atoms. The average Bonchev–Trinajstić information content (AvgIpc) is 3.52. The van der Waals surface area contributed by atoms with Gasteiger partial charge in [0.25, 0.3) is 0 Å². The predicted molar refractivity (Wildman–Crippen MR) is 133 cm³/mol. The lowest BCUT2D eigenvalue weighted by molar-refractivity contribution is -0.117. The Bertz CT molecular complexity index is 1130. The maximum Gasteiger partial charge on any atom is 0.360 e. The van der Waals surface area contributed by atoms with E-state index in [1.165, 1.54) is 18.0 Å². The van der Waals surface area contributed by atoms with Gasteiger partial charge in [0.15, 0.2) is 11.9 Å². The minimum Gasteiger partial charge on any atom is -0.387 e. The molecule has 0 spiro atoms. The number of fused-ring (bicyclic) bond motifs is 1. The third kappa shape index (κ3) is 5.93. The summed E-state index contributed by atoms with van der Waals surface area (Å²) in [5, 5.41) is 27.8. The zero-order valence-corrected chi connectivity index (χ0v) is 22.5. The van der Waals surface area contributed by atoms with Crippen molar-refractivity contribution in [3.8, 4) is 0 Å². The van der Waals surface area contributed by atoms with Crippen molar-refractivity contribution in [1.82, 2.24) is 24.6 Å². The molecule has 2 aromatic heterocycles. The van der Waals surface area contributed by atoms with Crippen LogP contribution in [0.3, 0.4) is 0 Å². The largest absolute Gasteiger partial charge is 0.387 e. The van der Waals surface area contributed by atoms with E-state index in [2.05, 4.69) is 20.4 Å². The average molecular weight is 565 g/mol. The van der Waals surface area contributed by atoms with Gasteiger partial charge in [0.05, 0.1) is 24.8 Å². The first-order valence-corrected chi connectivity index (χ1v) is 14.0. The Kier molecular flexibility index (Phi) is 8.76. The summed E-state index contributed by atoms with van der Waals surface area (Å²) in [5.41, 5.74) is 0.301. The quantitative estimate of drug-likeness (QED) is 0.188. The van der Waals surface area contributed by atoms with Gasteiger partial charge in [-0.1, -0.05) is 12.8 Å². The molecule has 14 nitrogen and oxygen atoms in total. The van der Waals surface area contributed by atoms with Crippen molar-refractivity contribution in [3.05, 3.63) is 11.5 Å². The minimum atomic E-state index is -4.83. The lowest BCUT2D eigenvalue weighted by Crippen LogP contribution is -2.48. The molecule has 2 aromatic rings. The number of rotatable bonds is 11. The summed E-state index contributed by atoms with van der Waals surface area (Å²) in [6, 6.07) is 0.262. The van der Waals surface area contributed by atoms with E-state index >= 15 is 0 Å². The molecule has 3 heterocycles. The number of aromatic nitrogens is 4. The van der Waals surface area contributed by atoms with E-state index < -0.39 is 50.7 Å². The first-order chi connectivity index (χ1) is 17.5. The summed E-state index contributed by atoms with van der Waals surface area (Å²) < 4.78 is 30.3. The molecule has 0 radical (unpaired) electrons. The third-order valence-electron chi connectivity index (χ3n) is 6.68. The number of nitrogens with one attached hydrogen (secondary N) is 1. The molecule has 16 heteroatoms. The van der Waals surface area contributed by atoms with Crippen LogP contribution in [-0.2, 0) is 18.8 Å². The number of likely N-dealkylation sites (N-methyl/N-ethyl adjacent to an activating group) is 1. The van der Waals surface area contributed by atoms with E-state index in [-0.39, 0.29) is 17.9 Å². The fraction of sp³-hybridized carbons (Fsp3) is 0.762. The molecular weight excluding hydrogens is 531 g/mol. The van der Waals surface area contributed by atoms with Gasteiger partial charge < -0.3 is 44.4 Å². The van der Waals surface area contributed by atoms with Crippen molar-refractivity contribution in [1.29, 1.82) is 0 Å². The Morgan fingerprint density at radius 2 is 1.97 bits per heavy atom. The van der Waals surface area contributed by atoms with Crippen molar-refractivity contribution in [3.63, 3.8) is 0 Å². The van der Waals surface area contributed by atoms with Crippen molar-refractivity contribution >= 4 is 36.0 Å². The van der Waals surface area contributed by atoms with Crippen LogP contribution in [0.5, 0.6) is 0 Å². The van der Waals surface area contributed by atoms with Crippen LogP contribution in [-0.4, -0.2) is 115 Å². The zero-order chi connectivity index (χ0) is 27.0. The second-order valence-electron chi connectivity index (χ2n) is 9.81. The number of halogens is 1. The van der Waals surface area contributed by atoms with E-state index in [1.807, 2.05) is 0 Å². The second-order valence-corrected chi connectivity index (χ2v) is 12.1. The van der Waals surface area contributed by atoms with Gasteiger partial charge in [-0.15, -0.1) is 0 Å². The molecule has 1 aliphatic heterocycles. The fourth-order valence-electron chi connectivity index (χ4n) is 4.88. The van der Waals surface area contributed by atoms with E-state index in [0.717, 1.165) is 25.7 Å². The number of ether oxygens (including phenoxy) is 3. The Labute approximate surface area is 219 Å². The number of methoxy groups -OCH3 is 1. The van der Waals surface area contributed by atoms with Gasteiger partial charge in [-0.2, -0.15) is 15.1 Å².